The SMILES string of the molecule is [2H]c1c([2H])c([2H])c(-c2ccc(-c3c4ccccc4c(-c4ccc5oc6ccccc6c5c4-c4ccccc4)c4ccccc34)cc2)c([2H])c1[2H]. The molecule has 0 bridgehead atoms. The minimum atomic E-state index is -0.395. The molecule has 0 unspecified atom stereocenters. The van der Waals surface area contributed by atoms with Crippen molar-refractivity contribution in [2.75, 3.05) is 0 Å². The van der Waals surface area contributed by atoms with Crippen molar-refractivity contribution in [3.63, 3.8) is 0 Å². The Labute approximate surface area is 268 Å². The minimum absolute atomic E-state index is 0.197. The van der Waals surface area contributed by atoms with Crippen molar-refractivity contribution in [3.05, 3.63) is 170 Å². The van der Waals surface area contributed by atoms with Crippen LogP contribution in [-0.2, 0) is 0 Å². The Kier molecular flexibility index (Phi) is 4.81. The van der Waals surface area contributed by atoms with Gasteiger partial charge >= 0.3 is 0 Å². The van der Waals surface area contributed by atoms with Crippen LogP contribution in [0.3, 0.4) is 0 Å². The van der Waals surface area contributed by atoms with E-state index in [1.54, 1.807) is 0 Å². The van der Waals surface area contributed by atoms with Crippen molar-refractivity contribution in [1.29, 1.82) is 0 Å². The van der Waals surface area contributed by atoms with E-state index in [2.05, 4.69) is 97.1 Å². The van der Waals surface area contributed by atoms with Gasteiger partial charge in [-0.25, -0.2) is 0 Å². The molecule has 1 heterocycles. The summed E-state index contributed by atoms with van der Waals surface area (Å²) in [5.74, 6) is 0. The minimum Gasteiger partial charge on any atom is -0.456 e. The van der Waals surface area contributed by atoms with Gasteiger partial charge in [0.2, 0.25) is 0 Å². The molecule has 9 aromatic rings. The average molecular weight is 578 g/mol. The number of hydrogen-bond donors (Lipinski definition) is 0. The fourth-order valence-corrected chi connectivity index (χ4v) is 6.86. The number of para-hydroxylation sites is 1. The molecule has 0 atom stereocenters. The number of fused-ring (bicyclic) bond motifs is 5. The molecule has 0 amide bonds. The number of hydrogen-bond acceptors (Lipinski definition) is 1. The lowest BCUT2D eigenvalue weighted by atomic mass is 9.82. The van der Waals surface area contributed by atoms with Crippen LogP contribution in [0.5, 0.6) is 0 Å². The Morgan fingerprint density at radius 2 is 0.889 bits per heavy atom. The highest BCUT2D eigenvalue weighted by atomic mass is 16.3. The van der Waals surface area contributed by atoms with E-state index in [0.717, 1.165) is 76.9 Å². The third-order valence-corrected chi connectivity index (χ3v) is 8.77. The third kappa shape index (κ3) is 4.09. The van der Waals surface area contributed by atoms with E-state index in [1.807, 2.05) is 42.5 Å². The van der Waals surface area contributed by atoms with E-state index in [-0.39, 0.29) is 29.7 Å². The van der Waals surface area contributed by atoms with E-state index >= 15 is 0 Å². The van der Waals surface area contributed by atoms with E-state index < -0.39 is 6.04 Å². The lowest BCUT2D eigenvalue weighted by molar-refractivity contribution is 0.669. The molecule has 0 aliphatic carbocycles. The van der Waals surface area contributed by atoms with Crippen LogP contribution in [0.2, 0.25) is 0 Å². The molecule has 1 heteroatoms. The van der Waals surface area contributed by atoms with Crippen molar-refractivity contribution in [1.82, 2.24) is 0 Å². The van der Waals surface area contributed by atoms with Gasteiger partial charge < -0.3 is 4.42 Å². The van der Waals surface area contributed by atoms with Gasteiger partial charge in [0, 0.05) is 16.3 Å². The van der Waals surface area contributed by atoms with Crippen molar-refractivity contribution < 1.29 is 11.3 Å². The smallest absolute Gasteiger partial charge is 0.136 e. The predicted molar refractivity (Wildman–Crippen MR) is 190 cm³/mol. The predicted octanol–water partition coefficient (Wildman–Crippen LogP) is 12.6. The number of rotatable bonds is 4. The van der Waals surface area contributed by atoms with Gasteiger partial charge in [0.15, 0.2) is 0 Å². The zero-order chi connectivity index (χ0) is 34.1. The maximum atomic E-state index is 8.50. The van der Waals surface area contributed by atoms with E-state index in [9.17, 15) is 0 Å². The van der Waals surface area contributed by atoms with Crippen LogP contribution >= 0.6 is 0 Å². The van der Waals surface area contributed by atoms with Crippen LogP contribution in [0.15, 0.2) is 174 Å². The van der Waals surface area contributed by atoms with Gasteiger partial charge in [-0.15, -0.1) is 0 Å². The zero-order valence-electron chi connectivity index (χ0n) is 29.2. The average Bonchev–Trinajstić information content (AvgIpc) is 3.54. The first-order valence-electron chi connectivity index (χ1n) is 17.5. The molecular formula is C44H28O. The molecule has 45 heavy (non-hydrogen) atoms. The molecule has 1 aromatic heterocycles. The zero-order valence-corrected chi connectivity index (χ0v) is 24.2. The molecule has 0 radical (unpaired) electrons. The van der Waals surface area contributed by atoms with Crippen LogP contribution in [0.25, 0.3) is 88.0 Å². The van der Waals surface area contributed by atoms with Crippen LogP contribution in [0, 0.1) is 0 Å². The van der Waals surface area contributed by atoms with Crippen molar-refractivity contribution in [3.8, 4) is 44.5 Å². The summed E-state index contributed by atoms with van der Waals surface area (Å²) in [6.07, 6.45) is 0. The van der Waals surface area contributed by atoms with Crippen molar-refractivity contribution in [2.24, 2.45) is 0 Å². The molecule has 0 saturated carbocycles. The lowest BCUT2D eigenvalue weighted by Crippen LogP contribution is -1.93. The highest BCUT2D eigenvalue weighted by Crippen LogP contribution is 2.49. The number of furan rings is 1. The highest BCUT2D eigenvalue weighted by molar-refractivity contribution is 6.25. The van der Waals surface area contributed by atoms with Crippen LogP contribution in [0.1, 0.15) is 6.85 Å². The van der Waals surface area contributed by atoms with Crippen molar-refractivity contribution >= 4 is 43.5 Å². The molecule has 0 fully saturated rings. The summed E-state index contributed by atoms with van der Waals surface area (Å²) in [5, 5.41) is 6.57. The Morgan fingerprint density at radius 1 is 0.356 bits per heavy atom. The first-order chi connectivity index (χ1) is 24.4. The van der Waals surface area contributed by atoms with Gasteiger partial charge in [-0.2, -0.15) is 0 Å². The normalized spacial score (nSPS) is 13.1. The summed E-state index contributed by atoms with van der Waals surface area (Å²) in [6, 6.07) is 46.2. The Morgan fingerprint density at radius 3 is 1.56 bits per heavy atom. The van der Waals surface area contributed by atoms with Gasteiger partial charge in [-0.05, 0) is 78.7 Å². The first-order valence-corrected chi connectivity index (χ1v) is 15.0. The molecule has 9 rings (SSSR count). The quantitative estimate of drug-likeness (QED) is 0.190. The van der Waals surface area contributed by atoms with E-state index in [1.165, 1.54) is 0 Å². The Balaban J connectivity index is 1.33. The van der Waals surface area contributed by atoms with Gasteiger partial charge in [0.05, 0.1) is 6.85 Å². The fourth-order valence-electron chi connectivity index (χ4n) is 6.86. The van der Waals surface area contributed by atoms with Gasteiger partial charge in [-0.1, -0.05) is 152 Å². The van der Waals surface area contributed by atoms with Gasteiger partial charge in [0.1, 0.15) is 11.2 Å². The van der Waals surface area contributed by atoms with Crippen molar-refractivity contribution in [2.45, 2.75) is 0 Å². The topological polar surface area (TPSA) is 13.1 Å². The summed E-state index contributed by atoms with van der Waals surface area (Å²) in [7, 11) is 0. The molecular weight excluding hydrogens is 544 g/mol. The second-order valence-electron chi connectivity index (χ2n) is 11.2. The maximum Gasteiger partial charge on any atom is 0.136 e. The summed E-state index contributed by atoms with van der Waals surface area (Å²) < 4.78 is 47.7. The lowest BCUT2D eigenvalue weighted by Gasteiger charge is -2.20. The fraction of sp³-hybridized carbons (Fsp3) is 0. The van der Waals surface area contributed by atoms with Crippen LogP contribution < -0.4 is 0 Å². The second kappa shape index (κ2) is 10.4. The number of benzene rings is 8. The van der Waals surface area contributed by atoms with Crippen LogP contribution in [-0.4, -0.2) is 0 Å². The molecule has 0 saturated heterocycles. The standard InChI is InChI=1S/C44H28O/c1-3-13-29(14-4-1)30-23-25-32(26-24-30)41-33-17-7-9-19-35(33)43(36-20-10-8-18-34(36)41)38-27-28-40-44(37-21-11-12-22-39(37)45-40)42(38)31-15-5-2-6-16-31/h1-28H/i1D,3D,4D,13D,14D. The molecule has 0 spiro atoms. The second-order valence-corrected chi connectivity index (χ2v) is 11.2. The maximum absolute atomic E-state index is 8.50. The summed E-state index contributed by atoms with van der Waals surface area (Å²) in [5.41, 5.74) is 9.01. The molecule has 8 aromatic carbocycles. The van der Waals surface area contributed by atoms with E-state index in [0.29, 0.717) is 5.56 Å². The summed E-state index contributed by atoms with van der Waals surface area (Å²) in [4.78, 5) is 0. The monoisotopic (exact) mass is 577 g/mol. The molecule has 0 N–H and O–H groups in total. The van der Waals surface area contributed by atoms with E-state index in [4.69, 9.17) is 11.3 Å². The molecule has 0 aliphatic rings. The Bertz CT molecular complexity index is 2720. The molecule has 0 aliphatic heterocycles. The van der Waals surface area contributed by atoms with Gasteiger partial charge in [0.25, 0.3) is 0 Å². The van der Waals surface area contributed by atoms with Gasteiger partial charge in [-0.3, -0.25) is 0 Å². The highest BCUT2D eigenvalue weighted by Gasteiger charge is 2.22. The summed E-state index contributed by atoms with van der Waals surface area (Å²) >= 11 is 0. The third-order valence-electron chi connectivity index (χ3n) is 8.77. The van der Waals surface area contributed by atoms with Crippen LogP contribution in [0.4, 0.5) is 0 Å². The summed E-state index contributed by atoms with van der Waals surface area (Å²) in [6.45, 7) is 0. The first kappa shape index (κ1) is 20.9. The molecule has 210 valence electrons. The Hall–Kier alpha value is -5.92. The largest absolute Gasteiger partial charge is 0.456 e. The molecule has 1 nitrogen and oxygen atoms in total.